The zero-order valence-electron chi connectivity index (χ0n) is 18.7. The molecule has 1 saturated heterocycles. The van der Waals surface area contributed by atoms with Crippen LogP contribution in [0.5, 0.6) is 0 Å². The first-order valence-electron chi connectivity index (χ1n) is 11.3. The zero-order chi connectivity index (χ0) is 22.5. The summed E-state index contributed by atoms with van der Waals surface area (Å²) in [4.78, 5) is 31.4. The molecule has 1 N–H and O–H groups in total. The van der Waals surface area contributed by atoms with Gasteiger partial charge in [-0.05, 0) is 35.1 Å². The van der Waals surface area contributed by atoms with E-state index in [1.807, 2.05) is 41.1 Å². The number of anilines is 1. The molecule has 0 radical (unpaired) electrons. The standard InChI is InChI=1S/C26H30N4O2/c1-3-19(2)23-6-4-5-7-24(23)30-17-22(14-25(30)31)26(32)28-15-20-8-10-21(11-9-20)16-29-13-12-27-18-29/h4-13,18-19,22H,3,14-17H2,1-2H3,(H,28,32). The van der Waals surface area contributed by atoms with E-state index in [2.05, 4.69) is 42.3 Å². The van der Waals surface area contributed by atoms with Crippen molar-refractivity contribution in [3.63, 3.8) is 0 Å². The van der Waals surface area contributed by atoms with Crippen molar-refractivity contribution >= 4 is 17.5 Å². The monoisotopic (exact) mass is 430 g/mol. The van der Waals surface area contributed by atoms with Crippen molar-refractivity contribution in [1.29, 1.82) is 0 Å². The van der Waals surface area contributed by atoms with E-state index >= 15 is 0 Å². The zero-order valence-corrected chi connectivity index (χ0v) is 18.7. The number of carbonyl (C=O) groups is 2. The number of aromatic nitrogens is 2. The highest BCUT2D eigenvalue weighted by molar-refractivity contribution is 6.00. The maximum atomic E-state index is 12.8. The maximum absolute atomic E-state index is 12.8. The predicted octanol–water partition coefficient (Wildman–Crippen LogP) is 4.11. The molecule has 0 spiro atoms. The number of benzene rings is 2. The highest BCUT2D eigenvalue weighted by atomic mass is 16.2. The molecule has 2 aromatic carbocycles. The van der Waals surface area contributed by atoms with Gasteiger partial charge in [-0.3, -0.25) is 9.59 Å². The number of hydrogen-bond donors (Lipinski definition) is 1. The van der Waals surface area contributed by atoms with Gasteiger partial charge in [-0.25, -0.2) is 4.98 Å². The Morgan fingerprint density at radius 2 is 1.91 bits per heavy atom. The number of hydrogen-bond acceptors (Lipinski definition) is 3. The van der Waals surface area contributed by atoms with E-state index in [0.29, 0.717) is 19.0 Å². The van der Waals surface area contributed by atoms with E-state index in [9.17, 15) is 9.59 Å². The van der Waals surface area contributed by atoms with Crippen LogP contribution in [0.1, 0.15) is 49.3 Å². The predicted molar refractivity (Wildman–Crippen MR) is 125 cm³/mol. The minimum absolute atomic E-state index is 0.0183. The van der Waals surface area contributed by atoms with Gasteiger partial charge in [-0.15, -0.1) is 0 Å². The Morgan fingerprint density at radius 1 is 1.16 bits per heavy atom. The molecule has 32 heavy (non-hydrogen) atoms. The first-order chi connectivity index (χ1) is 15.5. The normalized spacial score (nSPS) is 16.9. The van der Waals surface area contributed by atoms with Crippen molar-refractivity contribution in [2.75, 3.05) is 11.4 Å². The third-order valence-electron chi connectivity index (χ3n) is 6.28. The Balaban J connectivity index is 1.34. The van der Waals surface area contributed by atoms with E-state index in [1.54, 1.807) is 17.4 Å². The van der Waals surface area contributed by atoms with Crippen LogP contribution in [0.2, 0.25) is 0 Å². The minimum Gasteiger partial charge on any atom is -0.352 e. The molecule has 4 rings (SSSR count). The Labute approximate surface area is 189 Å². The van der Waals surface area contributed by atoms with Crippen LogP contribution in [0.25, 0.3) is 0 Å². The topological polar surface area (TPSA) is 67.2 Å². The fourth-order valence-electron chi connectivity index (χ4n) is 4.17. The molecule has 2 amide bonds. The summed E-state index contributed by atoms with van der Waals surface area (Å²) in [7, 11) is 0. The number of carbonyl (C=O) groups excluding carboxylic acids is 2. The Hall–Kier alpha value is -3.41. The Morgan fingerprint density at radius 3 is 2.62 bits per heavy atom. The molecular formula is C26H30N4O2. The fraction of sp³-hybridized carbons (Fsp3) is 0.346. The smallest absolute Gasteiger partial charge is 0.227 e. The highest BCUT2D eigenvalue weighted by Crippen LogP contribution is 2.33. The van der Waals surface area contributed by atoms with Gasteiger partial charge >= 0.3 is 0 Å². The van der Waals surface area contributed by atoms with Gasteiger partial charge in [0.25, 0.3) is 0 Å². The molecule has 166 valence electrons. The molecule has 6 nitrogen and oxygen atoms in total. The molecule has 1 aliphatic rings. The number of nitrogens with zero attached hydrogens (tertiary/aromatic N) is 3. The van der Waals surface area contributed by atoms with Crippen LogP contribution in [0.15, 0.2) is 67.3 Å². The van der Waals surface area contributed by atoms with Gasteiger partial charge in [-0.1, -0.05) is 56.3 Å². The number of rotatable bonds is 8. The molecule has 0 aliphatic carbocycles. The third-order valence-corrected chi connectivity index (χ3v) is 6.28. The van der Waals surface area contributed by atoms with Gasteiger partial charge < -0.3 is 14.8 Å². The summed E-state index contributed by atoms with van der Waals surface area (Å²) in [6, 6.07) is 16.2. The van der Waals surface area contributed by atoms with Crippen LogP contribution in [0, 0.1) is 5.92 Å². The molecule has 1 aliphatic heterocycles. The van der Waals surface area contributed by atoms with E-state index in [-0.39, 0.29) is 24.2 Å². The average molecular weight is 431 g/mol. The SMILES string of the molecule is CCC(C)c1ccccc1N1CC(C(=O)NCc2ccc(Cn3ccnc3)cc2)CC1=O. The second kappa shape index (κ2) is 9.81. The molecule has 1 fully saturated rings. The van der Waals surface area contributed by atoms with Crippen molar-refractivity contribution in [2.45, 2.75) is 45.7 Å². The second-order valence-electron chi connectivity index (χ2n) is 8.54. The fourth-order valence-corrected chi connectivity index (χ4v) is 4.17. The summed E-state index contributed by atoms with van der Waals surface area (Å²) >= 11 is 0. The number of nitrogens with one attached hydrogen (secondary N) is 1. The molecule has 2 heterocycles. The summed E-state index contributed by atoms with van der Waals surface area (Å²) in [6.07, 6.45) is 6.75. The lowest BCUT2D eigenvalue weighted by atomic mass is 9.96. The van der Waals surface area contributed by atoms with Crippen molar-refractivity contribution < 1.29 is 9.59 Å². The van der Waals surface area contributed by atoms with E-state index in [0.717, 1.165) is 24.2 Å². The van der Waals surface area contributed by atoms with Crippen molar-refractivity contribution in [1.82, 2.24) is 14.9 Å². The lowest BCUT2D eigenvalue weighted by Crippen LogP contribution is -2.33. The van der Waals surface area contributed by atoms with Gasteiger partial charge in [-0.2, -0.15) is 0 Å². The molecule has 0 bridgehead atoms. The van der Waals surface area contributed by atoms with Gasteiger partial charge in [0.1, 0.15) is 0 Å². The molecular weight excluding hydrogens is 400 g/mol. The number of imidazole rings is 1. The van der Waals surface area contributed by atoms with Crippen molar-refractivity contribution in [2.24, 2.45) is 5.92 Å². The van der Waals surface area contributed by atoms with Crippen LogP contribution in [0.3, 0.4) is 0 Å². The van der Waals surface area contributed by atoms with Crippen molar-refractivity contribution in [3.8, 4) is 0 Å². The summed E-state index contributed by atoms with van der Waals surface area (Å²) in [5.74, 6) is -0.00857. The van der Waals surface area contributed by atoms with E-state index in [1.165, 1.54) is 11.1 Å². The van der Waals surface area contributed by atoms with E-state index in [4.69, 9.17) is 0 Å². The lowest BCUT2D eigenvalue weighted by molar-refractivity contribution is -0.126. The van der Waals surface area contributed by atoms with Crippen LogP contribution in [-0.2, 0) is 22.7 Å². The summed E-state index contributed by atoms with van der Waals surface area (Å²) in [5, 5.41) is 3.01. The van der Waals surface area contributed by atoms with Gasteiger partial charge in [0, 0.05) is 44.1 Å². The van der Waals surface area contributed by atoms with Crippen LogP contribution >= 0.6 is 0 Å². The molecule has 3 aromatic rings. The molecule has 0 saturated carbocycles. The Kier molecular flexibility index (Phi) is 6.69. The molecule has 1 aromatic heterocycles. The van der Waals surface area contributed by atoms with E-state index < -0.39 is 0 Å². The first-order valence-corrected chi connectivity index (χ1v) is 11.3. The van der Waals surface area contributed by atoms with Crippen molar-refractivity contribution in [3.05, 3.63) is 83.9 Å². The second-order valence-corrected chi connectivity index (χ2v) is 8.54. The quantitative estimate of drug-likeness (QED) is 0.585. The van der Waals surface area contributed by atoms with Gasteiger partial charge in [0.05, 0.1) is 12.2 Å². The molecule has 6 heteroatoms. The summed E-state index contributed by atoms with van der Waals surface area (Å²) in [5.41, 5.74) is 4.32. The maximum Gasteiger partial charge on any atom is 0.227 e. The first kappa shape index (κ1) is 21.8. The van der Waals surface area contributed by atoms with Crippen LogP contribution < -0.4 is 10.2 Å². The number of amides is 2. The van der Waals surface area contributed by atoms with Gasteiger partial charge in [0.2, 0.25) is 11.8 Å². The highest BCUT2D eigenvalue weighted by Gasteiger charge is 2.36. The number of para-hydroxylation sites is 1. The minimum atomic E-state index is -0.326. The third kappa shape index (κ3) is 4.90. The largest absolute Gasteiger partial charge is 0.352 e. The van der Waals surface area contributed by atoms with Gasteiger partial charge in [0.15, 0.2) is 0 Å². The molecule has 2 unspecified atom stereocenters. The van der Waals surface area contributed by atoms with Crippen LogP contribution in [0.4, 0.5) is 5.69 Å². The average Bonchev–Trinajstić information content (AvgIpc) is 3.47. The summed E-state index contributed by atoms with van der Waals surface area (Å²) in [6.45, 7) is 5.98. The molecule has 2 atom stereocenters. The van der Waals surface area contributed by atoms with Crippen LogP contribution in [-0.4, -0.2) is 27.9 Å². The Bertz CT molecular complexity index is 1060. The lowest BCUT2D eigenvalue weighted by Gasteiger charge is -2.23. The summed E-state index contributed by atoms with van der Waals surface area (Å²) < 4.78 is 2.01.